The fourth-order valence-corrected chi connectivity index (χ4v) is 3.62. The standard InChI is InChI=1S/C23H18O2/c1-14-7-16-9-18-11-23(19(12-24)13-25)21-6-4-3-5-20(21)22(18)10-17(16)8-15(14)2/h3-13,19H,1-2H3. The molecule has 4 aromatic rings. The van der Waals surface area contributed by atoms with Crippen LogP contribution < -0.4 is 0 Å². The summed E-state index contributed by atoms with van der Waals surface area (Å²) < 4.78 is 0. The topological polar surface area (TPSA) is 34.1 Å². The third-order valence-electron chi connectivity index (χ3n) is 5.11. The lowest BCUT2D eigenvalue weighted by atomic mass is 9.89. The molecule has 25 heavy (non-hydrogen) atoms. The first-order valence-electron chi connectivity index (χ1n) is 8.39. The molecule has 0 radical (unpaired) electrons. The number of fused-ring (bicyclic) bond motifs is 4. The fraction of sp³-hybridized carbons (Fsp3) is 0.130. The van der Waals surface area contributed by atoms with Gasteiger partial charge in [-0.25, -0.2) is 0 Å². The van der Waals surface area contributed by atoms with Crippen LogP contribution in [0.4, 0.5) is 0 Å². The number of aldehydes is 2. The van der Waals surface area contributed by atoms with Crippen LogP contribution in [0, 0.1) is 13.8 Å². The Morgan fingerprint density at radius 2 is 1.28 bits per heavy atom. The smallest absolute Gasteiger partial charge is 0.134 e. The van der Waals surface area contributed by atoms with Gasteiger partial charge in [0.25, 0.3) is 0 Å². The van der Waals surface area contributed by atoms with E-state index in [1.54, 1.807) is 0 Å². The SMILES string of the molecule is Cc1cc2cc3cc(C(C=O)C=O)c4ccccc4c3cc2cc1C. The summed E-state index contributed by atoms with van der Waals surface area (Å²) in [5.41, 5.74) is 3.30. The van der Waals surface area contributed by atoms with Crippen molar-refractivity contribution in [2.24, 2.45) is 0 Å². The van der Waals surface area contributed by atoms with E-state index >= 15 is 0 Å². The average Bonchev–Trinajstić information content (AvgIpc) is 2.62. The number of hydrogen-bond donors (Lipinski definition) is 0. The molecule has 4 aromatic carbocycles. The van der Waals surface area contributed by atoms with Gasteiger partial charge in [0.1, 0.15) is 12.6 Å². The first kappa shape index (κ1) is 15.5. The van der Waals surface area contributed by atoms with Crippen LogP contribution in [0.1, 0.15) is 22.6 Å². The Morgan fingerprint density at radius 1 is 0.680 bits per heavy atom. The zero-order valence-electron chi connectivity index (χ0n) is 14.2. The molecule has 0 amide bonds. The first-order valence-corrected chi connectivity index (χ1v) is 8.39. The van der Waals surface area contributed by atoms with Gasteiger partial charge in [-0.1, -0.05) is 36.4 Å². The second-order valence-electron chi connectivity index (χ2n) is 6.67. The predicted octanol–water partition coefficient (Wildman–Crippen LogP) is 5.24. The maximum Gasteiger partial charge on any atom is 0.134 e. The molecule has 0 aliphatic heterocycles. The van der Waals surface area contributed by atoms with Crippen LogP contribution in [0.25, 0.3) is 32.3 Å². The third-order valence-corrected chi connectivity index (χ3v) is 5.11. The summed E-state index contributed by atoms with van der Waals surface area (Å²) in [6.45, 7) is 4.23. The Balaban J connectivity index is 2.18. The van der Waals surface area contributed by atoms with Gasteiger partial charge in [0.2, 0.25) is 0 Å². The molecule has 0 saturated heterocycles. The van der Waals surface area contributed by atoms with Gasteiger partial charge >= 0.3 is 0 Å². The molecule has 0 saturated carbocycles. The third kappa shape index (κ3) is 2.42. The van der Waals surface area contributed by atoms with E-state index in [2.05, 4.69) is 44.2 Å². The Morgan fingerprint density at radius 3 is 1.92 bits per heavy atom. The molecule has 0 unspecified atom stereocenters. The molecule has 0 spiro atoms. The lowest BCUT2D eigenvalue weighted by Gasteiger charge is -2.13. The van der Waals surface area contributed by atoms with Crippen molar-refractivity contribution in [2.45, 2.75) is 19.8 Å². The zero-order chi connectivity index (χ0) is 17.6. The molecule has 0 fully saturated rings. The maximum atomic E-state index is 11.4. The summed E-state index contributed by atoms with van der Waals surface area (Å²) in [6, 6.07) is 18.7. The highest BCUT2D eigenvalue weighted by molar-refractivity contribution is 6.14. The second kappa shape index (κ2) is 5.82. The summed E-state index contributed by atoms with van der Waals surface area (Å²) in [5.74, 6) is -0.732. The van der Waals surface area contributed by atoms with Crippen LogP contribution in [0.15, 0.2) is 54.6 Å². The lowest BCUT2D eigenvalue weighted by Crippen LogP contribution is -2.02. The Kier molecular flexibility index (Phi) is 3.61. The highest BCUT2D eigenvalue weighted by atomic mass is 16.1. The molecule has 0 heterocycles. The van der Waals surface area contributed by atoms with E-state index in [-0.39, 0.29) is 0 Å². The van der Waals surface area contributed by atoms with Crippen LogP contribution in [-0.4, -0.2) is 12.6 Å². The number of aryl methyl sites for hydroxylation is 2. The van der Waals surface area contributed by atoms with Crippen molar-refractivity contribution in [3.05, 3.63) is 71.3 Å². The van der Waals surface area contributed by atoms with Crippen LogP contribution >= 0.6 is 0 Å². The molecule has 0 aromatic heterocycles. The summed E-state index contributed by atoms with van der Waals surface area (Å²) in [5, 5.41) is 6.61. The molecule has 0 N–H and O–H groups in total. The van der Waals surface area contributed by atoms with Crippen molar-refractivity contribution >= 4 is 44.9 Å². The molecule has 122 valence electrons. The normalized spacial score (nSPS) is 11.5. The highest BCUT2D eigenvalue weighted by Crippen LogP contribution is 2.34. The summed E-state index contributed by atoms with van der Waals surface area (Å²) >= 11 is 0. The minimum absolute atomic E-state index is 0.717. The van der Waals surface area contributed by atoms with E-state index in [1.165, 1.54) is 21.9 Å². The number of hydrogen-bond acceptors (Lipinski definition) is 2. The van der Waals surface area contributed by atoms with Gasteiger partial charge in [0, 0.05) is 0 Å². The Bertz CT molecular complexity index is 1150. The van der Waals surface area contributed by atoms with Crippen molar-refractivity contribution in [2.75, 3.05) is 0 Å². The lowest BCUT2D eigenvalue weighted by molar-refractivity contribution is -0.116. The monoisotopic (exact) mass is 326 g/mol. The summed E-state index contributed by atoms with van der Waals surface area (Å²) in [7, 11) is 0. The summed E-state index contributed by atoms with van der Waals surface area (Å²) in [6.07, 6.45) is 1.43. The van der Waals surface area contributed by atoms with E-state index in [9.17, 15) is 9.59 Å². The van der Waals surface area contributed by atoms with E-state index in [0.29, 0.717) is 0 Å². The van der Waals surface area contributed by atoms with Gasteiger partial charge in [-0.2, -0.15) is 0 Å². The van der Waals surface area contributed by atoms with Gasteiger partial charge in [0.05, 0.1) is 5.92 Å². The number of rotatable bonds is 3. The van der Waals surface area contributed by atoms with Crippen LogP contribution in [0.3, 0.4) is 0 Å². The predicted molar refractivity (Wildman–Crippen MR) is 103 cm³/mol. The Hall–Kier alpha value is -3.00. The van der Waals surface area contributed by atoms with Crippen LogP contribution in [0.2, 0.25) is 0 Å². The van der Waals surface area contributed by atoms with E-state index in [0.717, 1.165) is 39.7 Å². The zero-order valence-corrected chi connectivity index (χ0v) is 14.2. The van der Waals surface area contributed by atoms with Crippen molar-refractivity contribution in [1.82, 2.24) is 0 Å². The van der Waals surface area contributed by atoms with E-state index < -0.39 is 5.92 Å². The first-order chi connectivity index (χ1) is 12.1. The number of benzene rings is 4. The minimum atomic E-state index is -0.732. The molecule has 0 aliphatic carbocycles. The number of carbonyl (C=O) groups is 2. The van der Waals surface area contributed by atoms with Gasteiger partial charge in [-0.05, 0) is 81.1 Å². The molecule has 0 atom stereocenters. The number of carbonyl (C=O) groups excluding carboxylic acids is 2. The van der Waals surface area contributed by atoms with Gasteiger partial charge in [-0.15, -0.1) is 0 Å². The maximum absolute atomic E-state index is 11.4. The minimum Gasteiger partial charge on any atom is -0.302 e. The molecular formula is C23H18O2. The summed E-state index contributed by atoms with van der Waals surface area (Å²) in [4.78, 5) is 22.8. The van der Waals surface area contributed by atoms with Crippen molar-refractivity contribution in [1.29, 1.82) is 0 Å². The molecule has 2 nitrogen and oxygen atoms in total. The molecule has 2 heteroatoms. The molecule has 4 rings (SSSR count). The second-order valence-corrected chi connectivity index (χ2v) is 6.67. The molecule has 0 bridgehead atoms. The van der Waals surface area contributed by atoms with Crippen LogP contribution in [0.5, 0.6) is 0 Å². The van der Waals surface area contributed by atoms with E-state index in [4.69, 9.17) is 0 Å². The fourth-order valence-electron chi connectivity index (χ4n) is 3.62. The molecule has 0 aliphatic rings. The van der Waals surface area contributed by atoms with Crippen LogP contribution in [-0.2, 0) is 9.59 Å². The van der Waals surface area contributed by atoms with Crippen molar-refractivity contribution in [3.8, 4) is 0 Å². The average molecular weight is 326 g/mol. The molecular weight excluding hydrogens is 308 g/mol. The quantitative estimate of drug-likeness (QED) is 0.223. The largest absolute Gasteiger partial charge is 0.302 e. The van der Waals surface area contributed by atoms with Gasteiger partial charge < -0.3 is 9.59 Å². The van der Waals surface area contributed by atoms with Gasteiger partial charge in [0.15, 0.2) is 0 Å². The Labute approximate surface area is 146 Å². The van der Waals surface area contributed by atoms with Crippen molar-refractivity contribution in [3.63, 3.8) is 0 Å². The van der Waals surface area contributed by atoms with E-state index in [1.807, 2.05) is 24.3 Å². The highest BCUT2D eigenvalue weighted by Gasteiger charge is 2.15. The van der Waals surface area contributed by atoms with Crippen molar-refractivity contribution < 1.29 is 9.59 Å². The van der Waals surface area contributed by atoms with Gasteiger partial charge in [-0.3, -0.25) is 0 Å².